The van der Waals surface area contributed by atoms with E-state index in [0.717, 1.165) is 5.56 Å². The van der Waals surface area contributed by atoms with E-state index in [2.05, 4.69) is 37.9 Å². The third-order valence-electron chi connectivity index (χ3n) is 5.72. The Labute approximate surface area is 160 Å². The molecule has 1 saturated carbocycles. The second-order valence-corrected chi connectivity index (χ2v) is 8.09. The molecule has 2 N–H and O–H groups in total. The Kier molecular flexibility index (Phi) is 4.34. The predicted molar refractivity (Wildman–Crippen MR) is 102 cm³/mol. The van der Waals surface area contributed by atoms with Gasteiger partial charge in [-0.3, -0.25) is 0 Å². The first-order valence-electron chi connectivity index (χ1n) is 9.27. The zero-order chi connectivity index (χ0) is 20.1. The van der Waals surface area contributed by atoms with Gasteiger partial charge in [0.25, 0.3) is 5.91 Å². The molecule has 6 heteroatoms. The van der Waals surface area contributed by atoms with Crippen LogP contribution in [0.25, 0.3) is 0 Å². The first-order valence-corrected chi connectivity index (χ1v) is 9.27. The normalized spacial score (nSPS) is 30.8. The van der Waals surface area contributed by atoms with Gasteiger partial charge in [-0.1, -0.05) is 45.0 Å². The van der Waals surface area contributed by atoms with Crippen LogP contribution in [-0.4, -0.2) is 25.0 Å². The van der Waals surface area contributed by atoms with Gasteiger partial charge in [-0.15, -0.1) is 0 Å². The van der Waals surface area contributed by atoms with Gasteiger partial charge in [0.2, 0.25) is 0 Å². The summed E-state index contributed by atoms with van der Waals surface area (Å²) in [5.41, 5.74) is 5.73. The molecule has 0 spiro atoms. The Bertz CT molecular complexity index is 850. The molecule has 0 bridgehead atoms. The number of hydrogen-bond acceptors (Lipinski definition) is 6. The summed E-state index contributed by atoms with van der Waals surface area (Å²) in [5, 5.41) is 20.2. The molecule has 1 aliphatic heterocycles. The summed E-state index contributed by atoms with van der Waals surface area (Å²) in [6.45, 7) is 10.6. The Hall–Kier alpha value is -2.41. The Morgan fingerprint density at radius 1 is 1.07 bits per heavy atom. The molecule has 0 radical (unpaired) electrons. The third-order valence-corrected chi connectivity index (χ3v) is 5.72. The molecule has 1 aromatic carbocycles. The number of fused-ring (bicyclic) bond motifs is 1. The first kappa shape index (κ1) is 19.4. The lowest BCUT2D eigenvalue weighted by atomic mass is 9.86. The average molecular weight is 366 g/mol. The molecule has 0 amide bonds. The highest BCUT2D eigenvalue weighted by atomic mass is 16.7. The molecule has 3 unspecified atom stereocenters. The summed E-state index contributed by atoms with van der Waals surface area (Å²) < 4.78 is 11.7. The molecular formula is C21H26N4O2. The molecular weight excluding hydrogens is 340 g/mol. The molecule has 3 atom stereocenters. The summed E-state index contributed by atoms with van der Waals surface area (Å²) in [5.74, 6) is -1.90. The number of amidine groups is 1. The van der Waals surface area contributed by atoms with Crippen LogP contribution in [0.2, 0.25) is 0 Å². The van der Waals surface area contributed by atoms with Crippen molar-refractivity contribution in [3.05, 3.63) is 35.4 Å². The van der Waals surface area contributed by atoms with Crippen molar-refractivity contribution in [1.29, 1.82) is 10.5 Å². The summed E-state index contributed by atoms with van der Waals surface area (Å²) >= 11 is 0. The van der Waals surface area contributed by atoms with Crippen LogP contribution in [0.1, 0.15) is 51.7 Å². The fraction of sp³-hybridized carbons (Fsp3) is 0.571. The number of nitrogens with two attached hydrogens (primary N) is 1. The van der Waals surface area contributed by atoms with Gasteiger partial charge in [0.15, 0.2) is 5.41 Å². The fourth-order valence-corrected chi connectivity index (χ4v) is 4.43. The van der Waals surface area contributed by atoms with Crippen LogP contribution in [0.5, 0.6) is 0 Å². The van der Waals surface area contributed by atoms with Gasteiger partial charge in [-0.2, -0.15) is 10.5 Å². The lowest BCUT2D eigenvalue weighted by molar-refractivity contribution is -0.255. The third kappa shape index (κ3) is 2.21. The Morgan fingerprint density at radius 3 is 2.04 bits per heavy atom. The van der Waals surface area contributed by atoms with Crippen molar-refractivity contribution in [2.45, 2.75) is 51.9 Å². The van der Waals surface area contributed by atoms with E-state index in [1.165, 1.54) is 5.56 Å². The van der Waals surface area contributed by atoms with Gasteiger partial charge in [-0.05, 0) is 30.4 Å². The second kappa shape index (κ2) is 6.05. The quantitative estimate of drug-likeness (QED) is 0.806. The van der Waals surface area contributed by atoms with Crippen molar-refractivity contribution in [1.82, 2.24) is 0 Å². The lowest BCUT2D eigenvalue weighted by Gasteiger charge is -2.31. The van der Waals surface area contributed by atoms with Gasteiger partial charge in [0, 0.05) is 19.1 Å². The summed E-state index contributed by atoms with van der Waals surface area (Å²) in [4.78, 5) is 4.35. The van der Waals surface area contributed by atoms with E-state index in [9.17, 15) is 10.5 Å². The Balaban J connectivity index is 2.15. The van der Waals surface area contributed by atoms with Gasteiger partial charge in [0.1, 0.15) is 11.3 Å². The smallest absolute Gasteiger partial charge is 0.293 e. The van der Waals surface area contributed by atoms with Gasteiger partial charge >= 0.3 is 0 Å². The Morgan fingerprint density at radius 2 is 1.63 bits per heavy atom. The molecule has 1 aliphatic carbocycles. The van der Waals surface area contributed by atoms with E-state index in [0.29, 0.717) is 0 Å². The molecule has 2 aliphatic rings. The SMILES string of the molecule is CCOC1(OCC)N=C(N)C2(C#N)C(c3ccc(C(C)(C)C)cc3)C12C#N. The monoisotopic (exact) mass is 366 g/mol. The van der Waals surface area contributed by atoms with Crippen LogP contribution in [0, 0.1) is 33.5 Å². The molecule has 1 aromatic rings. The summed E-state index contributed by atoms with van der Waals surface area (Å²) in [6.07, 6.45) is 0. The molecule has 0 aromatic heterocycles. The van der Waals surface area contributed by atoms with Crippen molar-refractivity contribution < 1.29 is 9.47 Å². The molecule has 0 saturated heterocycles. The zero-order valence-corrected chi connectivity index (χ0v) is 16.5. The van der Waals surface area contributed by atoms with Gasteiger partial charge < -0.3 is 15.2 Å². The minimum absolute atomic E-state index is 0.0126. The number of ether oxygens (including phenoxy) is 2. The first-order chi connectivity index (χ1) is 12.7. The number of nitriles is 2. The van der Waals surface area contributed by atoms with Crippen molar-refractivity contribution in [3.8, 4) is 12.1 Å². The molecule has 1 fully saturated rings. The highest BCUT2D eigenvalue weighted by Crippen LogP contribution is 2.81. The van der Waals surface area contributed by atoms with Crippen molar-refractivity contribution >= 4 is 5.84 Å². The highest BCUT2D eigenvalue weighted by Gasteiger charge is 2.93. The second-order valence-electron chi connectivity index (χ2n) is 8.09. The molecule has 142 valence electrons. The van der Waals surface area contributed by atoms with E-state index in [1.54, 1.807) is 13.8 Å². The largest absolute Gasteiger partial charge is 0.386 e. The van der Waals surface area contributed by atoms with Gasteiger partial charge in [0.05, 0.1) is 12.1 Å². The summed E-state index contributed by atoms with van der Waals surface area (Å²) in [6, 6.07) is 12.6. The average Bonchev–Trinajstić information content (AvgIpc) is 3.20. The van der Waals surface area contributed by atoms with Crippen LogP contribution in [0.15, 0.2) is 29.3 Å². The van der Waals surface area contributed by atoms with Crippen LogP contribution >= 0.6 is 0 Å². The minimum Gasteiger partial charge on any atom is -0.386 e. The number of benzene rings is 1. The van der Waals surface area contributed by atoms with E-state index >= 15 is 0 Å². The number of rotatable bonds is 5. The summed E-state index contributed by atoms with van der Waals surface area (Å²) in [7, 11) is 0. The number of hydrogen-bond donors (Lipinski definition) is 1. The maximum atomic E-state index is 10.2. The van der Waals surface area contributed by atoms with Crippen molar-refractivity contribution in [2.75, 3.05) is 13.2 Å². The highest BCUT2D eigenvalue weighted by molar-refractivity contribution is 6.00. The van der Waals surface area contributed by atoms with Crippen molar-refractivity contribution in [2.24, 2.45) is 21.6 Å². The lowest BCUT2D eigenvalue weighted by Crippen LogP contribution is -2.43. The van der Waals surface area contributed by atoms with Crippen LogP contribution in [0.3, 0.4) is 0 Å². The standard InChI is InChI=1S/C21H26N4O2/c1-6-26-21(27-7-2)20(13-23)16(19(20,12-22)17(24)25-21)14-8-10-15(11-9-14)18(3,4)5/h8-11,16H,6-7H2,1-5H3,(H2,24,25). The van der Waals surface area contributed by atoms with Crippen molar-refractivity contribution in [3.63, 3.8) is 0 Å². The van der Waals surface area contributed by atoms with Crippen LogP contribution in [0.4, 0.5) is 0 Å². The predicted octanol–water partition coefficient (Wildman–Crippen LogP) is 3.20. The van der Waals surface area contributed by atoms with E-state index in [4.69, 9.17) is 15.2 Å². The van der Waals surface area contributed by atoms with Crippen LogP contribution in [-0.2, 0) is 14.9 Å². The molecule has 3 rings (SSSR count). The maximum absolute atomic E-state index is 10.2. The van der Waals surface area contributed by atoms with Gasteiger partial charge in [-0.25, -0.2) is 4.99 Å². The van der Waals surface area contributed by atoms with E-state index < -0.39 is 22.7 Å². The fourth-order valence-electron chi connectivity index (χ4n) is 4.43. The molecule has 1 heterocycles. The number of nitrogens with zero attached hydrogens (tertiary/aromatic N) is 3. The van der Waals surface area contributed by atoms with E-state index in [-0.39, 0.29) is 24.5 Å². The topological polar surface area (TPSA) is 104 Å². The maximum Gasteiger partial charge on any atom is 0.293 e. The van der Waals surface area contributed by atoms with E-state index in [1.807, 2.05) is 24.3 Å². The minimum atomic E-state index is -1.56. The number of aliphatic imine (C=N–C) groups is 1. The zero-order valence-electron chi connectivity index (χ0n) is 16.5. The molecule has 27 heavy (non-hydrogen) atoms. The van der Waals surface area contributed by atoms with Crippen LogP contribution < -0.4 is 5.73 Å². The molecule has 6 nitrogen and oxygen atoms in total.